The van der Waals surface area contributed by atoms with Gasteiger partial charge in [-0.2, -0.15) is 0 Å². The first kappa shape index (κ1) is 15.6. The molecule has 2 aromatic rings. The molecule has 0 aromatic carbocycles. The van der Waals surface area contributed by atoms with Gasteiger partial charge >= 0.3 is 5.97 Å². The van der Waals surface area contributed by atoms with Gasteiger partial charge in [0.2, 0.25) is 0 Å². The molecule has 0 unspecified atom stereocenters. The highest BCUT2D eigenvalue weighted by atomic mass is 16.5. The molecule has 2 aromatic heterocycles. The highest BCUT2D eigenvalue weighted by molar-refractivity contribution is 5.94. The molecule has 8 heteroatoms. The lowest BCUT2D eigenvalue weighted by Gasteiger charge is -2.07. The van der Waals surface area contributed by atoms with Gasteiger partial charge in [0.1, 0.15) is 5.69 Å². The van der Waals surface area contributed by atoms with Gasteiger partial charge in [-0.1, -0.05) is 13.3 Å². The predicted octanol–water partition coefficient (Wildman–Crippen LogP) is 0.649. The van der Waals surface area contributed by atoms with Crippen LogP contribution in [-0.4, -0.2) is 32.5 Å². The average Bonchev–Trinajstić information content (AvgIpc) is 2.47. The van der Waals surface area contributed by atoms with Gasteiger partial charge in [0.15, 0.2) is 11.4 Å². The van der Waals surface area contributed by atoms with E-state index in [4.69, 9.17) is 4.74 Å². The van der Waals surface area contributed by atoms with Crippen molar-refractivity contribution < 1.29 is 9.53 Å². The molecule has 0 fully saturated rings. The Morgan fingerprint density at radius 1 is 1.32 bits per heavy atom. The summed E-state index contributed by atoms with van der Waals surface area (Å²) in [7, 11) is 0. The van der Waals surface area contributed by atoms with Crippen molar-refractivity contribution in [3.8, 4) is 11.5 Å². The number of carbonyl (C=O) groups excluding carboxylic acids is 1. The molecule has 0 radical (unpaired) electrons. The summed E-state index contributed by atoms with van der Waals surface area (Å²) in [6.45, 7) is 3.70. The molecule has 0 amide bonds. The maximum atomic E-state index is 12.0. The van der Waals surface area contributed by atoms with E-state index in [-0.39, 0.29) is 29.2 Å². The van der Waals surface area contributed by atoms with Crippen molar-refractivity contribution in [3.05, 3.63) is 44.4 Å². The van der Waals surface area contributed by atoms with E-state index in [1.807, 2.05) is 6.92 Å². The van der Waals surface area contributed by atoms with Crippen LogP contribution in [0.25, 0.3) is 11.5 Å². The number of nitrogens with zero attached hydrogens (tertiary/aromatic N) is 2. The number of aryl methyl sites for hydroxylation is 1. The Hall–Kier alpha value is -2.77. The summed E-state index contributed by atoms with van der Waals surface area (Å²) in [5.74, 6) is -0.736. The highest BCUT2D eigenvalue weighted by Crippen LogP contribution is 2.14. The average molecular weight is 304 g/mol. The van der Waals surface area contributed by atoms with E-state index in [0.29, 0.717) is 12.1 Å². The summed E-state index contributed by atoms with van der Waals surface area (Å²) < 4.78 is 4.86. The van der Waals surface area contributed by atoms with E-state index in [1.165, 1.54) is 6.07 Å². The van der Waals surface area contributed by atoms with Crippen molar-refractivity contribution in [3.63, 3.8) is 0 Å². The van der Waals surface area contributed by atoms with Crippen LogP contribution in [0.3, 0.4) is 0 Å². The lowest BCUT2D eigenvalue weighted by Crippen LogP contribution is -2.23. The Morgan fingerprint density at radius 3 is 2.77 bits per heavy atom. The first-order valence-corrected chi connectivity index (χ1v) is 6.92. The van der Waals surface area contributed by atoms with Gasteiger partial charge in [-0.05, 0) is 13.3 Å². The summed E-state index contributed by atoms with van der Waals surface area (Å²) in [5.41, 5.74) is -0.728. The summed E-state index contributed by atoms with van der Waals surface area (Å²) in [6, 6.07) is 1.38. The van der Waals surface area contributed by atoms with Gasteiger partial charge in [0.05, 0.1) is 12.9 Å². The number of aromatic amines is 2. The predicted molar refractivity (Wildman–Crippen MR) is 78.7 cm³/mol. The first-order chi connectivity index (χ1) is 10.6. The van der Waals surface area contributed by atoms with Crippen LogP contribution in [0.1, 0.15) is 36.3 Å². The molecular formula is C14H16N4O4. The van der Waals surface area contributed by atoms with Crippen molar-refractivity contribution in [1.82, 2.24) is 19.9 Å². The number of rotatable bonds is 5. The second-order valence-corrected chi connectivity index (χ2v) is 4.51. The lowest BCUT2D eigenvalue weighted by molar-refractivity contribution is 0.0524. The molecule has 0 aliphatic heterocycles. The Balaban J connectivity index is 2.62. The zero-order chi connectivity index (χ0) is 16.1. The smallest absolute Gasteiger partial charge is 0.346 e. The molecule has 116 valence electrons. The molecule has 2 N–H and O–H groups in total. The SMILES string of the molecule is CCCc1cc(=O)[nH]c(-c2nc[nH]c(=O)c2C(=O)OCC)n1. The molecule has 0 saturated carbocycles. The quantitative estimate of drug-likeness (QED) is 0.783. The van der Waals surface area contributed by atoms with Crippen molar-refractivity contribution in [1.29, 1.82) is 0 Å². The molecular weight excluding hydrogens is 288 g/mol. The number of carbonyl (C=O) groups is 1. The van der Waals surface area contributed by atoms with Crippen molar-refractivity contribution in [2.75, 3.05) is 6.61 Å². The maximum Gasteiger partial charge on any atom is 0.346 e. The van der Waals surface area contributed by atoms with Crippen LogP contribution in [0.4, 0.5) is 0 Å². The molecule has 2 heterocycles. The second kappa shape index (κ2) is 6.79. The molecule has 0 spiro atoms. The number of hydrogen-bond donors (Lipinski definition) is 2. The fourth-order valence-corrected chi connectivity index (χ4v) is 1.98. The van der Waals surface area contributed by atoms with Crippen LogP contribution >= 0.6 is 0 Å². The number of hydrogen-bond acceptors (Lipinski definition) is 6. The van der Waals surface area contributed by atoms with Crippen LogP contribution in [0.2, 0.25) is 0 Å². The van der Waals surface area contributed by atoms with Gasteiger partial charge in [0, 0.05) is 11.8 Å². The Morgan fingerprint density at radius 2 is 2.09 bits per heavy atom. The minimum atomic E-state index is -0.810. The standard InChI is InChI=1S/C14H16N4O4/c1-3-5-8-6-9(19)18-12(17-8)11-10(14(21)22-4-2)13(20)16-7-15-11/h6-7H,3-5H2,1-2H3,(H,15,16,20)(H,17,18,19). The van der Waals surface area contributed by atoms with E-state index < -0.39 is 11.5 Å². The zero-order valence-corrected chi connectivity index (χ0v) is 12.3. The topological polar surface area (TPSA) is 118 Å². The summed E-state index contributed by atoms with van der Waals surface area (Å²) >= 11 is 0. The van der Waals surface area contributed by atoms with Crippen molar-refractivity contribution in [2.45, 2.75) is 26.7 Å². The van der Waals surface area contributed by atoms with Gasteiger partial charge in [-0.25, -0.2) is 14.8 Å². The van der Waals surface area contributed by atoms with Crippen LogP contribution < -0.4 is 11.1 Å². The van der Waals surface area contributed by atoms with Crippen LogP contribution in [0.15, 0.2) is 22.0 Å². The summed E-state index contributed by atoms with van der Waals surface area (Å²) in [6.07, 6.45) is 2.56. The molecule has 0 bridgehead atoms. The molecule has 8 nitrogen and oxygen atoms in total. The normalized spacial score (nSPS) is 10.5. The Labute approximate surface area is 125 Å². The summed E-state index contributed by atoms with van der Waals surface area (Å²) in [5, 5.41) is 0. The molecule has 2 rings (SSSR count). The second-order valence-electron chi connectivity index (χ2n) is 4.51. The van der Waals surface area contributed by atoms with Gasteiger partial charge < -0.3 is 14.7 Å². The van der Waals surface area contributed by atoms with Crippen molar-refractivity contribution in [2.24, 2.45) is 0 Å². The monoisotopic (exact) mass is 304 g/mol. The van der Waals surface area contributed by atoms with Crippen LogP contribution in [-0.2, 0) is 11.2 Å². The third kappa shape index (κ3) is 3.27. The molecule has 0 aliphatic rings. The number of aromatic nitrogens is 4. The lowest BCUT2D eigenvalue weighted by atomic mass is 10.2. The zero-order valence-electron chi connectivity index (χ0n) is 12.3. The summed E-state index contributed by atoms with van der Waals surface area (Å²) in [4.78, 5) is 48.6. The molecule has 22 heavy (non-hydrogen) atoms. The van der Waals surface area contributed by atoms with Gasteiger partial charge in [-0.15, -0.1) is 0 Å². The number of esters is 1. The van der Waals surface area contributed by atoms with E-state index >= 15 is 0 Å². The van der Waals surface area contributed by atoms with Crippen molar-refractivity contribution >= 4 is 5.97 Å². The van der Waals surface area contributed by atoms with Gasteiger partial charge in [0.25, 0.3) is 11.1 Å². The fraction of sp³-hybridized carbons (Fsp3) is 0.357. The van der Waals surface area contributed by atoms with Gasteiger partial charge in [-0.3, -0.25) is 9.59 Å². The van der Waals surface area contributed by atoms with E-state index in [9.17, 15) is 14.4 Å². The first-order valence-electron chi connectivity index (χ1n) is 6.92. The fourth-order valence-electron chi connectivity index (χ4n) is 1.98. The van der Waals surface area contributed by atoms with Crippen LogP contribution in [0, 0.1) is 0 Å². The highest BCUT2D eigenvalue weighted by Gasteiger charge is 2.21. The van der Waals surface area contributed by atoms with E-state index in [2.05, 4.69) is 19.9 Å². The minimum Gasteiger partial charge on any atom is -0.462 e. The molecule has 0 aliphatic carbocycles. The minimum absolute atomic E-state index is 0.00254. The van der Waals surface area contributed by atoms with E-state index in [0.717, 1.165) is 12.7 Å². The largest absolute Gasteiger partial charge is 0.462 e. The number of ether oxygens (including phenoxy) is 1. The third-order valence-electron chi connectivity index (χ3n) is 2.86. The Kier molecular flexibility index (Phi) is 4.82. The number of H-pyrrole nitrogens is 2. The number of nitrogens with one attached hydrogen (secondary N) is 2. The Bertz CT molecular complexity index is 794. The van der Waals surface area contributed by atoms with Crippen LogP contribution in [0.5, 0.6) is 0 Å². The molecule has 0 saturated heterocycles. The van der Waals surface area contributed by atoms with E-state index in [1.54, 1.807) is 6.92 Å². The molecule has 0 atom stereocenters. The third-order valence-corrected chi connectivity index (χ3v) is 2.86. The maximum absolute atomic E-state index is 12.0.